The Kier molecular flexibility index (Phi) is 13.0. The molecule has 0 aliphatic rings. The minimum Gasteiger partial charge on any atom is -0.261 e. The van der Waals surface area contributed by atoms with Crippen molar-refractivity contribution >= 4 is 0 Å². The van der Waals surface area contributed by atoms with Gasteiger partial charge in [0.05, 0.1) is 5.29 Å². The third kappa shape index (κ3) is 11.7. The molecule has 0 atom stereocenters. The van der Waals surface area contributed by atoms with Gasteiger partial charge in [0.2, 0.25) is 0 Å². The predicted molar refractivity (Wildman–Crippen MR) is 74.9 cm³/mol. The first-order valence-corrected chi connectivity index (χ1v) is 7.43. The Hall–Kier alpha value is -0.600. The van der Waals surface area contributed by atoms with E-state index in [0.717, 1.165) is 25.9 Å². The molecular weight excluding hydrogens is 212 g/mol. The van der Waals surface area contributed by atoms with E-state index in [-0.39, 0.29) is 0 Å². The van der Waals surface area contributed by atoms with Gasteiger partial charge in [0, 0.05) is 13.1 Å². The predicted octanol–water partition coefficient (Wildman–Crippen LogP) is 4.91. The fourth-order valence-electron chi connectivity index (χ4n) is 1.99. The lowest BCUT2D eigenvalue weighted by Gasteiger charge is -2.14. The summed E-state index contributed by atoms with van der Waals surface area (Å²) in [4.78, 5) is 10.6. The van der Waals surface area contributed by atoms with Crippen LogP contribution in [-0.4, -0.2) is 18.1 Å². The molecule has 0 aliphatic carbocycles. The van der Waals surface area contributed by atoms with Gasteiger partial charge in [0.25, 0.3) is 0 Å². The van der Waals surface area contributed by atoms with Crippen molar-refractivity contribution in [2.45, 2.75) is 78.1 Å². The Balaban J connectivity index is 3.33. The fraction of sp³-hybridized carbons (Fsp3) is 1.00. The average molecular weight is 242 g/mol. The van der Waals surface area contributed by atoms with E-state index in [9.17, 15) is 4.91 Å². The molecule has 0 saturated heterocycles. The summed E-state index contributed by atoms with van der Waals surface area (Å²) < 4.78 is 0. The summed E-state index contributed by atoms with van der Waals surface area (Å²) in [7, 11) is 0. The van der Waals surface area contributed by atoms with Crippen LogP contribution in [0.3, 0.4) is 0 Å². The van der Waals surface area contributed by atoms with Crippen molar-refractivity contribution in [1.82, 2.24) is 5.01 Å². The van der Waals surface area contributed by atoms with Crippen molar-refractivity contribution in [2.24, 2.45) is 5.29 Å². The van der Waals surface area contributed by atoms with Crippen LogP contribution in [0.1, 0.15) is 78.1 Å². The van der Waals surface area contributed by atoms with Crippen LogP contribution in [0.25, 0.3) is 0 Å². The number of hydrogen-bond donors (Lipinski definition) is 0. The van der Waals surface area contributed by atoms with Gasteiger partial charge in [0.15, 0.2) is 0 Å². The highest BCUT2D eigenvalue weighted by Gasteiger charge is 2.02. The molecule has 0 spiro atoms. The second kappa shape index (κ2) is 13.5. The molecule has 3 heteroatoms. The Morgan fingerprint density at radius 2 is 1.12 bits per heavy atom. The van der Waals surface area contributed by atoms with Gasteiger partial charge in [-0.1, -0.05) is 65.2 Å². The van der Waals surface area contributed by atoms with Gasteiger partial charge in [-0.2, -0.15) is 0 Å². The number of nitroso groups, excluding NO2 is 1. The standard InChI is InChI=1S/C14H30N2O/c1-3-5-7-9-11-13-16(15-17)14-12-10-8-6-4-2/h3-14H2,1-2H3. The molecule has 0 aromatic rings. The maximum absolute atomic E-state index is 10.6. The first-order chi connectivity index (χ1) is 8.35. The van der Waals surface area contributed by atoms with Gasteiger partial charge < -0.3 is 0 Å². The summed E-state index contributed by atoms with van der Waals surface area (Å²) in [5, 5.41) is 4.81. The van der Waals surface area contributed by atoms with Crippen LogP contribution in [0.5, 0.6) is 0 Å². The van der Waals surface area contributed by atoms with Crippen LogP contribution in [-0.2, 0) is 0 Å². The zero-order valence-electron chi connectivity index (χ0n) is 11.8. The van der Waals surface area contributed by atoms with E-state index in [1.807, 2.05) is 0 Å². The van der Waals surface area contributed by atoms with Crippen molar-refractivity contribution in [3.63, 3.8) is 0 Å². The lowest BCUT2D eigenvalue weighted by atomic mass is 10.1. The summed E-state index contributed by atoms with van der Waals surface area (Å²) in [6.07, 6.45) is 12.4. The zero-order valence-corrected chi connectivity index (χ0v) is 11.8. The van der Waals surface area contributed by atoms with Crippen molar-refractivity contribution in [2.75, 3.05) is 13.1 Å². The molecule has 102 valence electrons. The number of hydrogen-bond acceptors (Lipinski definition) is 2. The largest absolute Gasteiger partial charge is 0.261 e. The van der Waals surface area contributed by atoms with Crippen molar-refractivity contribution in [3.8, 4) is 0 Å². The molecule has 0 aromatic heterocycles. The van der Waals surface area contributed by atoms with Crippen LogP contribution < -0.4 is 0 Å². The van der Waals surface area contributed by atoms with Crippen molar-refractivity contribution in [1.29, 1.82) is 0 Å². The van der Waals surface area contributed by atoms with Crippen LogP contribution in [0, 0.1) is 4.91 Å². The first kappa shape index (κ1) is 16.4. The molecule has 0 rings (SSSR count). The quantitative estimate of drug-likeness (QED) is 0.261. The number of nitrogens with zero attached hydrogens (tertiary/aromatic N) is 2. The normalized spacial score (nSPS) is 10.5. The lowest BCUT2D eigenvalue weighted by Crippen LogP contribution is -2.19. The van der Waals surface area contributed by atoms with E-state index < -0.39 is 0 Å². The van der Waals surface area contributed by atoms with E-state index in [4.69, 9.17) is 0 Å². The zero-order chi connectivity index (χ0) is 12.8. The third-order valence-corrected chi connectivity index (χ3v) is 3.16. The molecule has 0 radical (unpaired) electrons. The maximum atomic E-state index is 10.6. The first-order valence-electron chi connectivity index (χ1n) is 7.43. The summed E-state index contributed by atoms with van der Waals surface area (Å²) in [5.41, 5.74) is 0. The molecular formula is C14H30N2O. The van der Waals surface area contributed by atoms with Crippen LogP contribution >= 0.6 is 0 Å². The van der Waals surface area contributed by atoms with Crippen LogP contribution in [0.4, 0.5) is 0 Å². The van der Waals surface area contributed by atoms with Gasteiger partial charge in [-0.05, 0) is 12.8 Å². The molecule has 17 heavy (non-hydrogen) atoms. The topological polar surface area (TPSA) is 32.7 Å². The molecule has 0 amide bonds. The van der Waals surface area contributed by atoms with Crippen molar-refractivity contribution in [3.05, 3.63) is 4.91 Å². The molecule has 0 unspecified atom stereocenters. The van der Waals surface area contributed by atoms with E-state index in [1.54, 1.807) is 5.01 Å². The maximum Gasteiger partial charge on any atom is 0.0523 e. The molecule has 0 aromatic carbocycles. The molecule has 3 nitrogen and oxygen atoms in total. The monoisotopic (exact) mass is 242 g/mol. The number of rotatable bonds is 13. The van der Waals surface area contributed by atoms with E-state index >= 15 is 0 Å². The van der Waals surface area contributed by atoms with Crippen molar-refractivity contribution < 1.29 is 0 Å². The molecule has 0 heterocycles. The highest BCUT2D eigenvalue weighted by atomic mass is 16.3. The van der Waals surface area contributed by atoms with Crippen LogP contribution in [0.2, 0.25) is 0 Å². The third-order valence-electron chi connectivity index (χ3n) is 3.16. The molecule has 0 N–H and O–H groups in total. The minimum absolute atomic E-state index is 0.848. The highest BCUT2D eigenvalue weighted by molar-refractivity contribution is 4.54. The van der Waals surface area contributed by atoms with Gasteiger partial charge in [-0.25, -0.2) is 0 Å². The van der Waals surface area contributed by atoms with E-state index in [2.05, 4.69) is 19.1 Å². The van der Waals surface area contributed by atoms with Gasteiger partial charge in [-0.3, -0.25) is 5.01 Å². The second-order valence-corrected chi connectivity index (χ2v) is 4.86. The lowest BCUT2D eigenvalue weighted by molar-refractivity contribution is 0.269. The van der Waals surface area contributed by atoms with Gasteiger partial charge in [0.1, 0.15) is 0 Å². The summed E-state index contributed by atoms with van der Waals surface area (Å²) >= 11 is 0. The van der Waals surface area contributed by atoms with E-state index in [0.29, 0.717) is 0 Å². The second-order valence-electron chi connectivity index (χ2n) is 4.86. The van der Waals surface area contributed by atoms with Crippen LogP contribution in [0.15, 0.2) is 5.29 Å². The highest BCUT2D eigenvalue weighted by Crippen LogP contribution is 2.07. The Morgan fingerprint density at radius 1 is 0.706 bits per heavy atom. The molecule has 0 saturated carbocycles. The minimum atomic E-state index is 0.848. The smallest absolute Gasteiger partial charge is 0.0523 e. The fourth-order valence-corrected chi connectivity index (χ4v) is 1.99. The molecule has 0 aliphatic heterocycles. The van der Waals surface area contributed by atoms with Gasteiger partial charge in [-0.15, -0.1) is 4.91 Å². The average Bonchev–Trinajstić information content (AvgIpc) is 2.36. The number of unbranched alkanes of at least 4 members (excludes halogenated alkanes) is 8. The summed E-state index contributed by atoms with van der Waals surface area (Å²) in [5.74, 6) is 0. The molecule has 0 bridgehead atoms. The Morgan fingerprint density at radius 3 is 1.47 bits per heavy atom. The summed E-state index contributed by atoms with van der Waals surface area (Å²) in [6, 6.07) is 0. The summed E-state index contributed by atoms with van der Waals surface area (Å²) in [6.45, 7) is 6.13. The Bertz CT molecular complexity index is 148. The Labute approximate surface area is 107 Å². The SMILES string of the molecule is CCCCCCCN(CCCCCCC)N=O. The van der Waals surface area contributed by atoms with Gasteiger partial charge >= 0.3 is 0 Å². The van der Waals surface area contributed by atoms with E-state index in [1.165, 1.54) is 51.4 Å². The molecule has 0 fully saturated rings.